The molecule has 1 aromatic carbocycles. The molecule has 2 N–H and O–H groups in total. The first kappa shape index (κ1) is 14.5. The van der Waals surface area contributed by atoms with Crippen molar-refractivity contribution in [2.24, 2.45) is 10.7 Å². The van der Waals surface area contributed by atoms with Gasteiger partial charge in [-0.1, -0.05) is 29.8 Å². The highest BCUT2D eigenvalue weighted by Crippen LogP contribution is 2.44. The summed E-state index contributed by atoms with van der Waals surface area (Å²) >= 11 is 6.33. The van der Waals surface area contributed by atoms with E-state index < -0.39 is 11.6 Å². The maximum Gasteiger partial charge on any atom is 0.205 e. The fourth-order valence-electron chi connectivity index (χ4n) is 3.18. The van der Waals surface area contributed by atoms with Crippen LogP contribution >= 0.6 is 11.6 Å². The highest BCUT2D eigenvalue weighted by molar-refractivity contribution is 6.32. The standard InChI is InChI=1S/C16H19ClN2O2/c1-10(18)9-14-19-16(11-5-2-3-6-12(11)17)8-4-7-13(21-14)15(16)20/h2-3,5-6,10,13H,4,7-9,18H2,1H3. The van der Waals surface area contributed by atoms with Gasteiger partial charge < -0.3 is 10.5 Å². The van der Waals surface area contributed by atoms with Crippen LogP contribution in [0.15, 0.2) is 29.3 Å². The third-order valence-electron chi connectivity index (χ3n) is 4.11. The summed E-state index contributed by atoms with van der Waals surface area (Å²) in [5, 5.41) is 0.581. The third-order valence-corrected chi connectivity index (χ3v) is 4.44. The van der Waals surface area contributed by atoms with Gasteiger partial charge in [0.2, 0.25) is 5.78 Å². The lowest BCUT2D eigenvalue weighted by molar-refractivity contribution is -0.137. The van der Waals surface area contributed by atoms with Crippen LogP contribution in [0.1, 0.15) is 38.2 Å². The van der Waals surface area contributed by atoms with Gasteiger partial charge in [0, 0.05) is 23.0 Å². The van der Waals surface area contributed by atoms with Gasteiger partial charge in [-0.25, -0.2) is 4.99 Å². The molecule has 2 aliphatic rings. The molecule has 0 amide bonds. The van der Waals surface area contributed by atoms with Gasteiger partial charge in [-0.3, -0.25) is 4.79 Å². The third kappa shape index (κ3) is 2.47. The summed E-state index contributed by atoms with van der Waals surface area (Å²) in [6, 6.07) is 7.39. The summed E-state index contributed by atoms with van der Waals surface area (Å²) in [6.45, 7) is 1.90. The van der Waals surface area contributed by atoms with E-state index in [4.69, 9.17) is 22.1 Å². The number of carbonyl (C=O) groups excluding carboxylic acids is 1. The maximum absolute atomic E-state index is 12.8. The number of hydrogen-bond acceptors (Lipinski definition) is 4. The number of halogens is 1. The Morgan fingerprint density at radius 3 is 3.00 bits per heavy atom. The normalized spacial score (nSPS) is 29.6. The van der Waals surface area contributed by atoms with Crippen molar-refractivity contribution in [3.05, 3.63) is 34.9 Å². The molecule has 0 radical (unpaired) electrons. The number of benzene rings is 1. The Hall–Kier alpha value is -1.39. The van der Waals surface area contributed by atoms with Crippen LogP contribution in [-0.2, 0) is 15.1 Å². The Labute approximate surface area is 129 Å². The van der Waals surface area contributed by atoms with Gasteiger partial charge in [0.05, 0.1) is 0 Å². The second kappa shape index (κ2) is 5.43. The van der Waals surface area contributed by atoms with Crippen LogP contribution in [0.2, 0.25) is 5.02 Å². The molecule has 5 heteroatoms. The molecule has 0 saturated heterocycles. The molecule has 21 heavy (non-hydrogen) atoms. The van der Waals surface area contributed by atoms with E-state index in [1.165, 1.54) is 0 Å². The average Bonchev–Trinajstić information content (AvgIpc) is 2.40. The minimum atomic E-state index is -0.885. The minimum absolute atomic E-state index is 0.0234. The first-order valence-corrected chi connectivity index (χ1v) is 7.71. The smallest absolute Gasteiger partial charge is 0.205 e. The molecule has 3 atom stereocenters. The molecule has 0 spiro atoms. The first-order valence-electron chi connectivity index (χ1n) is 7.33. The van der Waals surface area contributed by atoms with Gasteiger partial charge in [-0.15, -0.1) is 0 Å². The Morgan fingerprint density at radius 2 is 2.29 bits per heavy atom. The number of aliphatic imine (C=N–C) groups is 1. The molecule has 1 aromatic rings. The monoisotopic (exact) mass is 306 g/mol. The summed E-state index contributed by atoms with van der Waals surface area (Å²) in [5.74, 6) is 0.601. The lowest BCUT2D eigenvalue weighted by atomic mass is 9.74. The number of Topliss-reactive ketones (excluding diaryl/α,β-unsaturated/α-hetero) is 1. The number of hydrogen-bond donors (Lipinski definition) is 1. The summed E-state index contributed by atoms with van der Waals surface area (Å²) in [7, 11) is 0. The molecule has 2 bridgehead atoms. The summed E-state index contributed by atoms with van der Waals surface area (Å²) < 4.78 is 5.74. The van der Waals surface area contributed by atoms with Crippen molar-refractivity contribution in [1.82, 2.24) is 0 Å². The van der Waals surface area contributed by atoms with E-state index in [-0.39, 0.29) is 11.8 Å². The Bertz CT molecular complexity index is 600. The average molecular weight is 307 g/mol. The van der Waals surface area contributed by atoms with Crippen molar-refractivity contribution >= 4 is 23.3 Å². The summed E-state index contributed by atoms with van der Waals surface area (Å²) in [6.07, 6.45) is 2.44. The number of carbonyl (C=O) groups is 1. The predicted molar refractivity (Wildman–Crippen MR) is 82.6 cm³/mol. The Balaban J connectivity index is 2.11. The maximum atomic E-state index is 12.8. The topological polar surface area (TPSA) is 64.7 Å². The zero-order valence-electron chi connectivity index (χ0n) is 12.0. The SMILES string of the molecule is CC(N)CC1=NC2(c3ccccc3Cl)CCCC(O1)C2=O. The lowest BCUT2D eigenvalue weighted by Gasteiger charge is -2.41. The molecule has 1 aliphatic heterocycles. The molecule has 1 aliphatic carbocycles. The van der Waals surface area contributed by atoms with Crippen LogP contribution in [0.25, 0.3) is 0 Å². The van der Waals surface area contributed by atoms with Crippen molar-refractivity contribution in [3.8, 4) is 0 Å². The Morgan fingerprint density at radius 1 is 1.52 bits per heavy atom. The van der Waals surface area contributed by atoms with Gasteiger partial charge >= 0.3 is 0 Å². The van der Waals surface area contributed by atoms with Gasteiger partial charge in [0.1, 0.15) is 0 Å². The Kier molecular flexibility index (Phi) is 3.76. The molecule has 3 rings (SSSR count). The zero-order valence-corrected chi connectivity index (χ0v) is 12.8. The van der Waals surface area contributed by atoms with Gasteiger partial charge in [0.25, 0.3) is 0 Å². The van der Waals surface area contributed by atoms with E-state index >= 15 is 0 Å². The number of rotatable bonds is 3. The highest BCUT2D eigenvalue weighted by Gasteiger charge is 2.51. The van der Waals surface area contributed by atoms with Crippen LogP contribution in [-0.4, -0.2) is 23.8 Å². The molecular formula is C16H19ClN2O2. The summed E-state index contributed by atoms with van der Waals surface area (Å²) in [5.41, 5.74) is 5.75. The van der Waals surface area contributed by atoms with E-state index in [9.17, 15) is 4.79 Å². The quantitative estimate of drug-likeness (QED) is 0.934. The number of nitrogens with two attached hydrogens (primary N) is 1. The van der Waals surface area contributed by atoms with E-state index in [1.54, 1.807) is 6.07 Å². The molecule has 4 nitrogen and oxygen atoms in total. The zero-order chi connectivity index (χ0) is 15.0. The van der Waals surface area contributed by atoms with Crippen LogP contribution in [0.5, 0.6) is 0 Å². The van der Waals surface area contributed by atoms with Crippen molar-refractivity contribution in [2.45, 2.75) is 50.3 Å². The molecule has 1 fully saturated rings. The lowest BCUT2D eigenvalue weighted by Crippen LogP contribution is -2.51. The molecule has 0 aromatic heterocycles. The molecular weight excluding hydrogens is 288 g/mol. The van der Waals surface area contributed by atoms with Crippen LogP contribution < -0.4 is 5.73 Å². The molecule has 1 heterocycles. The van der Waals surface area contributed by atoms with E-state index in [0.717, 1.165) is 18.4 Å². The van der Waals surface area contributed by atoms with Gasteiger partial charge in [-0.05, 0) is 32.3 Å². The second-order valence-corrected chi connectivity index (χ2v) is 6.30. The van der Waals surface area contributed by atoms with Crippen molar-refractivity contribution in [1.29, 1.82) is 0 Å². The van der Waals surface area contributed by atoms with E-state index in [1.807, 2.05) is 25.1 Å². The first-order chi connectivity index (χ1) is 10.0. The van der Waals surface area contributed by atoms with Crippen molar-refractivity contribution in [3.63, 3.8) is 0 Å². The molecule has 3 unspecified atom stereocenters. The number of nitrogens with zero attached hydrogens (tertiary/aromatic N) is 1. The number of ether oxygens (including phenoxy) is 1. The molecule has 112 valence electrons. The van der Waals surface area contributed by atoms with Crippen molar-refractivity contribution < 1.29 is 9.53 Å². The van der Waals surface area contributed by atoms with Crippen LogP contribution in [0.4, 0.5) is 0 Å². The summed E-state index contributed by atoms with van der Waals surface area (Å²) in [4.78, 5) is 17.5. The fraction of sp³-hybridized carbons (Fsp3) is 0.500. The van der Waals surface area contributed by atoms with Crippen molar-refractivity contribution in [2.75, 3.05) is 0 Å². The number of ketones is 1. The van der Waals surface area contributed by atoms with Gasteiger partial charge in [0.15, 0.2) is 17.5 Å². The van der Waals surface area contributed by atoms with Gasteiger partial charge in [-0.2, -0.15) is 0 Å². The van der Waals surface area contributed by atoms with Crippen LogP contribution in [0, 0.1) is 0 Å². The van der Waals surface area contributed by atoms with E-state index in [2.05, 4.69) is 4.99 Å². The number of fused-ring (bicyclic) bond motifs is 2. The second-order valence-electron chi connectivity index (χ2n) is 5.89. The van der Waals surface area contributed by atoms with Crippen LogP contribution in [0.3, 0.4) is 0 Å². The predicted octanol–water partition coefficient (Wildman–Crippen LogP) is 2.82. The highest BCUT2D eigenvalue weighted by atomic mass is 35.5. The largest absolute Gasteiger partial charge is 0.470 e. The molecule has 1 saturated carbocycles. The van der Waals surface area contributed by atoms with E-state index in [0.29, 0.717) is 23.8 Å². The fourth-order valence-corrected chi connectivity index (χ4v) is 3.48. The minimum Gasteiger partial charge on any atom is -0.470 e.